The van der Waals surface area contributed by atoms with Gasteiger partial charge in [0, 0.05) is 49.0 Å². The highest BCUT2D eigenvalue weighted by atomic mass is 16.3. The van der Waals surface area contributed by atoms with E-state index in [0.717, 1.165) is 127 Å². The van der Waals surface area contributed by atoms with Crippen molar-refractivity contribution in [2.24, 2.45) is 0 Å². The van der Waals surface area contributed by atoms with E-state index < -0.39 is 0 Å². The van der Waals surface area contributed by atoms with Gasteiger partial charge in [0.05, 0.1) is 0 Å². The average Bonchev–Trinajstić information content (AvgIpc) is 1.70. The number of hydrogen-bond acceptors (Lipinski definition) is 3. The van der Waals surface area contributed by atoms with Gasteiger partial charge in [-0.1, -0.05) is 309 Å². The zero-order chi connectivity index (χ0) is 67.4. The van der Waals surface area contributed by atoms with E-state index >= 15 is 0 Å². The number of para-hydroxylation sites is 3. The van der Waals surface area contributed by atoms with Crippen LogP contribution in [-0.4, -0.2) is 0 Å². The summed E-state index contributed by atoms with van der Waals surface area (Å²) >= 11 is 0. The maximum absolute atomic E-state index is 7.67. The molecule has 3 nitrogen and oxygen atoms in total. The highest BCUT2D eigenvalue weighted by molar-refractivity contribution is 6.29. The van der Waals surface area contributed by atoms with Crippen LogP contribution in [0.5, 0.6) is 0 Å². The molecule has 0 bridgehead atoms. The Labute approximate surface area is 591 Å². The van der Waals surface area contributed by atoms with Crippen molar-refractivity contribution in [1.29, 1.82) is 0 Å². The Morgan fingerprint density at radius 1 is 0.146 bits per heavy atom. The third kappa shape index (κ3) is 8.58. The van der Waals surface area contributed by atoms with Gasteiger partial charge in [-0.25, -0.2) is 0 Å². The van der Waals surface area contributed by atoms with Gasteiger partial charge < -0.3 is 13.3 Å². The lowest BCUT2D eigenvalue weighted by atomic mass is 9.83. The smallest absolute Gasteiger partial charge is 0.143 e. The first-order valence-corrected chi connectivity index (χ1v) is 35.4. The van der Waals surface area contributed by atoms with Crippen LogP contribution in [0.25, 0.3) is 230 Å². The summed E-state index contributed by atoms with van der Waals surface area (Å²) in [4.78, 5) is 0. The SMILES string of the molecule is c1ccc(-c2ccc(-c3cc(-c4c5ccccc5c(-c5ccc(-c6cccc7c6oc6c(-c8cccc9oc%10ccccc%10c89)cc(-c8c9ccccc9c(-c9cccc%10ccccc9%10)c9ccccc89)cc67)c6ccccc56)c5ccccc45)cc4c3oc3ccccc34)c3ccccc23)cc1. The van der Waals surface area contributed by atoms with Crippen molar-refractivity contribution in [1.82, 2.24) is 0 Å². The molecule has 0 atom stereocenters. The highest BCUT2D eigenvalue weighted by Crippen LogP contribution is 2.54. The molecule has 0 aliphatic carbocycles. The standard InChI is InChI=1S/C100H58O3/c1-2-25-59(26-3-1)64-51-52-70(66-31-7-6-30-65(64)66)86-55-61(56-87-71-34-18-20-48-90(71)102-99(86)87)93-75-37-12-16-41-79(75)96(80-42-17-13-38-76(80)93)82-54-53-69(67-32-8-9-33-68(67)82)83-46-23-47-84-89-58-62(57-88(100(89)103-98(83)84)81-45-24-50-92-97(81)85-43-19-21-49-91(85)101-92)94-73-35-10-14-39-77(73)95(78-40-15-11-36-74(78)94)72-44-22-28-60-27-4-5-29-63(60)72/h1-58H. The van der Waals surface area contributed by atoms with Gasteiger partial charge in [-0.2, -0.15) is 0 Å². The molecule has 103 heavy (non-hydrogen) atoms. The summed E-state index contributed by atoms with van der Waals surface area (Å²) in [7, 11) is 0. The van der Waals surface area contributed by atoms with Crippen LogP contribution in [0, 0.1) is 0 Å². The molecule has 22 aromatic rings. The summed E-state index contributed by atoms with van der Waals surface area (Å²) in [6.07, 6.45) is 0. The van der Waals surface area contributed by atoms with E-state index in [1.807, 2.05) is 6.07 Å². The summed E-state index contributed by atoms with van der Waals surface area (Å²) in [5.41, 5.74) is 23.3. The molecule has 0 aliphatic heterocycles. The molecule has 3 heteroatoms. The zero-order valence-corrected chi connectivity index (χ0v) is 55.7. The van der Waals surface area contributed by atoms with Gasteiger partial charge in [-0.05, 0) is 190 Å². The molecule has 3 heterocycles. The quantitative estimate of drug-likeness (QED) is 0.142. The van der Waals surface area contributed by atoms with Gasteiger partial charge in [0.2, 0.25) is 0 Å². The van der Waals surface area contributed by atoms with Crippen molar-refractivity contribution in [3.05, 3.63) is 352 Å². The van der Waals surface area contributed by atoms with Crippen LogP contribution in [0.1, 0.15) is 0 Å². The van der Waals surface area contributed by atoms with Gasteiger partial charge in [-0.15, -0.1) is 0 Å². The summed E-state index contributed by atoms with van der Waals surface area (Å²) in [6.45, 7) is 0. The Hall–Kier alpha value is -13.6. The second kappa shape index (κ2) is 22.5. The zero-order valence-electron chi connectivity index (χ0n) is 55.7. The van der Waals surface area contributed by atoms with Gasteiger partial charge in [0.15, 0.2) is 0 Å². The second-order valence-electron chi connectivity index (χ2n) is 27.4. The van der Waals surface area contributed by atoms with Crippen molar-refractivity contribution in [3.8, 4) is 89.0 Å². The molecule has 476 valence electrons. The summed E-state index contributed by atoms with van der Waals surface area (Å²) in [6, 6.07) is 129. The lowest BCUT2D eigenvalue weighted by Gasteiger charge is -2.20. The molecule has 0 fully saturated rings. The topological polar surface area (TPSA) is 39.4 Å². The third-order valence-electron chi connectivity index (χ3n) is 22.1. The van der Waals surface area contributed by atoms with Crippen LogP contribution in [-0.2, 0) is 0 Å². The van der Waals surface area contributed by atoms with E-state index in [1.165, 1.54) is 104 Å². The molecule has 22 rings (SSSR count). The lowest BCUT2D eigenvalue weighted by molar-refractivity contribution is 0.668. The van der Waals surface area contributed by atoms with Crippen molar-refractivity contribution in [2.45, 2.75) is 0 Å². The molecular weight excluding hydrogens is 1250 g/mol. The van der Waals surface area contributed by atoms with Gasteiger partial charge in [0.25, 0.3) is 0 Å². The van der Waals surface area contributed by atoms with E-state index in [4.69, 9.17) is 13.3 Å². The minimum absolute atomic E-state index is 0.825. The number of furan rings is 3. The Morgan fingerprint density at radius 2 is 0.495 bits per heavy atom. The summed E-state index contributed by atoms with van der Waals surface area (Å²) in [5, 5.41) is 23.0. The summed E-state index contributed by atoms with van der Waals surface area (Å²) in [5.74, 6) is 0. The van der Waals surface area contributed by atoms with Crippen LogP contribution < -0.4 is 0 Å². The Kier molecular flexibility index (Phi) is 12.5. The first-order chi connectivity index (χ1) is 51.1. The maximum atomic E-state index is 7.67. The van der Waals surface area contributed by atoms with Gasteiger partial charge >= 0.3 is 0 Å². The van der Waals surface area contributed by atoms with Crippen LogP contribution >= 0.6 is 0 Å². The lowest BCUT2D eigenvalue weighted by Crippen LogP contribution is -1.93. The first-order valence-electron chi connectivity index (χ1n) is 35.4. The predicted octanol–water partition coefficient (Wildman–Crippen LogP) is 28.8. The Morgan fingerprint density at radius 3 is 1.10 bits per heavy atom. The van der Waals surface area contributed by atoms with E-state index in [0.29, 0.717) is 0 Å². The van der Waals surface area contributed by atoms with Crippen molar-refractivity contribution < 1.29 is 13.3 Å². The Balaban J connectivity index is 0.757. The van der Waals surface area contributed by atoms with E-state index in [9.17, 15) is 0 Å². The first kappa shape index (κ1) is 57.3. The predicted molar refractivity (Wildman–Crippen MR) is 434 cm³/mol. The third-order valence-corrected chi connectivity index (χ3v) is 22.1. The molecular formula is C100H58O3. The van der Waals surface area contributed by atoms with Crippen molar-refractivity contribution in [3.63, 3.8) is 0 Å². The number of hydrogen-bond donors (Lipinski definition) is 0. The minimum atomic E-state index is 0.825. The van der Waals surface area contributed by atoms with E-state index in [1.54, 1.807) is 0 Å². The van der Waals surface area contributed by atoms with Gasteiger partial charge in [-0.3, -0.25) is 0 Å². The number of rotatable bonds is 8. The van der Waals surface area contributed by atoms with Crippen LogP contribution in [0.4, 0.5) is 0 Å². The highest BCUT2D eigenvalue weighted by Gasteiger charge is 2.27. The largest absolute Gasteiger partial charge is 0.456 e. The molecule has 0 saturated heterocycles. The molecule has 0 N–H and O–H groups in total. The molecule has 19 aromatic carbocycles. The number of fused-ring (bicyclic) bond motifs is 16. The van der Waals surface area contributed by atoms with Crippen LogP contribution in [0.3, 0.4) is 0 Å². The number of benzene rings is 19. The fourth-order valence-corrected chi connectivity index (χ4v) is 17.7. The fraction of sp³-hybridized carbons (Fsp3) is 0. The average molecular weight is 1310 g/mol. The van der Waals surface area contributed by atoms with Gasteiger partial charge in [0.1, 0.15) is 33.5 Å². The molecule has 0 unspecified atom stereocenters. The normalized spacial score (nSPS) is 12.1. The van der Waals surface area contributed by atoms with E-state index in [2.05, 4.69) is 346 Å². The second-order valence-corrected chi connectivity index (χ2v) is 27.4. The molecule has 0 spiro atoms. The fourth-order valence-electron chi connectivity index (χ4n) is 17.7. The van der Waals surface area contributed by atoms with E-state index in [-0.39, 0.29) is 0 Å². The summed E-state index contributed by atoms with van der Waals surface area (Å²) < 4.78 is 21.3. The molecule has 0 saturated carbocycles. The van der Waals surface area contributed by atoms with Crippen molar-refractivity contribution in [2.75, 3.05) is 0 Å². The Bertz CT molecular complexity index is 7240. The maximum Gasteiger partial charge on any atom is 0.143 e. The van der Waals surface area contributed by atoms with Crippen LogP contribution in [0.2, 0.25) is 0 Å². The molecule has 0 aliphatic rings. The minimum Gasteiger partial charge on any atom is -0.456 e. The monoisotopic (exact) mass is 1310 g/mol. The molecule has 0 radical (unpaired) electrons. The van der Waals surface area contributed by atoms with Crippen LogP contribution in [0.15, 0.2) is 365 Å². The molecule has 0 amide bonds. The molecule has 3 aromatic heterocycles. The van der Waals surface area contributed by atoms with Crippen molar-refractivity contribution >= 4 is 141 Å².